The maximum Gasteiger partial charge on any atom is 0.0952 e. The number of hydrogen-bond donors (Lipinski definition) is 1. The van der Waals surface area contributed by atoms with Crippen LogP contribution in [-0.4, -0.2) is 15.6 Å². The molecule has 0 aliphatic heterocycles. The molecule has 2 atom stereocenters. The number of nitrogens with two attached hydrogens (primary N) is 1. The summed E-state index contributed by atoms with van der Waals surface area (Å²) in [5.41, 5.74) is 7.35. The summed E-state index contributed by atoms with van der Waals surface area (Å²) in [5.74, 6) is 0. The number of hydrogen-bond acceptors (Lipinski definition) is 2. The fourth-order valence-electron chi connectivity index (χ4n) is 1.96. The van der Waals surface area contributed by atoms with Gasteiger partial charge in [-0.15, -0.1) is 0 Å². The molecule has 2 aromatic rings. The Morgan fingerprint density at radius 1 is 1.35 bits per heavy atom. The van der Waals surface area contributed by atoms with Gasteiger partial charge in [-0.3, -0.25) is 0 Å². The minimum atomic E-state index is 0.0605. The standard InChI is InChI=1S/C13H16ClN3/c1-2-12(15)13(17-8-7-16-9-17)10-3-5-11(14)6-4-10/h3-9,12-13H,2,15H2,1H3. The predicted octanol–water partition coefficient (Wildman–Crippen LogP) is 2.86. The number of benzene rings is 1. The Balaban J connectivity index is 2.37. The van der Waals surface area contributed by atoms with Crippen LogP contribution in [0.2, 0.25) is 5.02 Å². The first-order valence-electron chi connectivity index (χ1n) is 5.71. The zero-order valence-electron chi connectivity index (χ0n) is 9.75. The minimum absolute atomic E-state index is 0.0605. The molecule has 0 amide bonds. The van der Waals surface area contributed by atoms with Gasteiger partial charge in [0.1, 0.15) is 0 Å². The van der Waals surface area contributed by atoms with Crippen molar-refractivity contribution in [3.8, 4) is 0 Å². The van der Waals surface area contributed by atoms with E-state index in [1.807, 2.05) is 35.0 Å². The lowest BCUT2D eigenvalue weighted by atomic mass is 9.98. The third kappa shape index (κ3) is 2.68. The summed E-state index contributed by atoms with van der Waals surface area (Å²) >= 11 is 5.90. The van der Waals surface area contributed by atoms with E-state index in [1.54, 1.807) is 12.5 Å². The van der Waals surface area contributed by atoms with Crippen LogP contribution in [0.1, 0.15) is 24.9 Å². The van der Waals surface area contributed by atoms with Crippen LogP contribution in [0.15, 0.2) is 43.0 Å². The quantitative estimate of drug-likeness (QED) is 0.906. The molecular weight excluding hydrogens is 234 g/mol. The fourth-order valence-corrected chi connectivity index (χ4v) is 2.08. The highest BCUT2D eigenvalue weighted by atomic mass is 35.5. The number of aromatic nitrogens is 2. The molecule has 0 aliphatic carbocycles. The largest absolute Gasteiger partial charge is 0.328 e. The molecule has 2 unspecified atom stereocenters. The molecule has 1 aromatic heterocycles. The van der Waals surface area contributed by atoms with Gasteiger partial charge in [-0.25, -0.2) is 4.98 Å². The summed E-state index contributed by atoms with van der Waals surface area (Å²) in [6.07, 6.45) is 6.42. The average Bonchev–Trinajstić information content (AvgIpc) is 2.85. The highest BCUT2D eigenvalue weighted by molar-refractivity contribution is 6.30. The van der Waals surface area contributed by atoms with Crippen LogP contribution in [0.25, 0.3) is 0 Å². The summed E-state index contributed by atoms with van der Waals surface area (Å²) in [6.45, 7) is 2.09. The van der Waals surface area contributed by atoms with E-state index in [2.05, 4.69) is 11.9 Å². The second-order valence-corrected chi connectivity index (χ2v) is 4.51. The molecule has 0 bridgehead atoms. The third-order valence-corrected chi connectivity index (χ3v) is 3.19. The molecule has 0 saturated heterocycles. The molecule has 2 rings (SSSR count). The SMILES string of the molecule is CCC(N)C(c1ccc(Cl)cc1)n1ccnc1. The maximum atomic E-state index is 6.20. The third-order valence-electron chi connectivity index (χ3n) is 2.93. The van der Waals surface area contributed by atoms with Crippen LogP contribution in [-0.2, 0) is 0 Å². The lowest BCUT2D eigenvalue weighted by molar-refractivity contribution is 0.458. The molecule has 17 heavy (non-hydrogen) atoms. The zero-order chi connectivity index (χ0) is 12.3. The molecule has 0 aliphatic rings. The van der Waals surface area contributed by atoms with Gasteiger partial charge in [-0.05, 0) is 24.1 Å². The minimum Gasteiger partial charge on any atom is -0.328 e. The molecule has 1 aromatic carbocycles. The lowest BCUT2D eigenvalue weighted by Gasteiger charge is -2.24. The number of imidazole rings is 1. The van der Waals surface area contributed by atoms with Gasteiger partial charge in [0, 0.05) is 23.5 Å². The van der Waals surface area contributed by atoms with E-state index in [4.69, 9.17) is 17.3 Å². The van der Waals surface area contributed by atoms with Gasteiger partial charge in [-0.2, -0.15) is 0 Å². The molecule has 3 nitrogen and oxygen atoms in total. The lowest BCUT2D eigenvalue weighted by Crippen LogP contribution is -2.31. The normalized spacial score (nSPS) is 14.5. The molecule has 1 heterocycles. The van der Waals surface area contributed by atoms with Gasteiger partial charge in [0.15, 0.2) is 0 Å². The summed E-state index contributed by atoms with van der Waals surface area (Å²) in [4.78, 5) is 4.08. The van der Waals surface area contributed by atoms with E-state index in [9.17, 15) is 0 Å². The van der Waals surface area contributed by atoms with Crippen molar-refractivity contribution < 1.29 is 0 Å². The highest BCUT2D eigenvalue weighted by Gasteiger charge is 2.19. The second-order valence-electron chi connectivity index (χ2n) is 4.08. The predicted molar refractivity (Wildman–Crippen MR) is 70.1 cm³/mol. The van der Waals surface area contributed by atoms with Crippen LogP contribution in [0.3, 0.4) is 0 Å². The first-order chi connectivity index (χ1) is 8.22. The van der Waals surface area contributed by atoms with E-state index in [-0.39, 0.29) is 12.1 Å². The summed E-state index contributed by atoms with van der Waals surface area (Å²) in [6, 6.07) is 7.99. The maximum absolute atomic E-state index is 6.20. The van der Waals surface area contributed by atoms with Crippen LogP contribution in [0.4, 0.5) is 0 Å². The van der Waals surface area contributed by atoms with Crippen molar-refractivity contribution in [2.24, 2.45) is 5.73 Å². The average molecular weight is 250 g/mol. The van der Waals surface area contributed by atoms with Crippen molar-refractivity contribution in [3.63, 3.8) is 0 Å². The topological polar surface area (TPSA) is 43.8 Å². The molecule has 4 heteroatoms. The van der Waals surface area contributed by atoms with Gasteiger partial charge in [-0.1, -0.05) is 30.7 Å². The summed E-state index contributed by atoms with van der Waals surface area (Å²) in [7, 11) is 0. The van der Waals surface area contributed by atoms with Crippen LogP contribution in [0, 0.1) is 0 Å². The van der Waals surface area contributed by atoms with Gasteiger partial charge in [0.25, 0.3) is 0 Å². The highest BCUT2D eigenvalue weighted by Crippen LogP contribution is 2.24. The first kappa shape index (κ1) is 12.1. The molecule has 0 fully saturated rings. The Hall–Kier alpha value is -1.32. The molecule has 0 radical (unpaired) electrons. The van der Waals surface area contributed by atoms with Crippen molar-refractivity contribution in [1.29, 1.82) is 0 Å². The fraction of sp³-hybridized carbons (Fsp3) is 0.308. The van der Waals surface area contributed by atoms with Gasteiger partial charge >= 0.3 is 0 Å². The van der Waals surface area contributed by atoms with Crippen molar-refractivity contribution in [2.45, 2.75) is 25.4 Å². The Labute approximate surface area is 106 Å². The second kappa shape index (κ2) is 5.34. The molecule has 0 saturated carbocycles. The van der Waals surface area contributed by atoms with Crippen LogP contribution in [0.5, 0.6) is 0 Å². The Bertz CT molecular complexity index is 450. The van der Waals surface area contributed by atoms with E-state index in [0.29, 0.717) is 0 Å². The van der Waals surface area contributed by atoms with Crippen molar-refractivity contribution in [1.82, 2.24) is 9.55 Å². The Morgan fingerprint density at radius 2 is 2.06 bits per heavy atom. The van der Waals surface area contributed by atoms with Crippen LogP contribution < -0.4 is 5.73 Å². The van der Waals surface area contributed by atoms with Gasteiger partial charge in [0.05, 0.1) is 12.4 Å². The van der Waals surface area contributed by atoms with Gasteiger partial charge < -0.3 is 10.3 Å². The van der Waals surface area contributed by atoms with E-state index >= 15 is 0 Å². The molecule has 0 spiro atoms. The zero-order valence-corrected chi connectivity index (χ0v) is 10.5. The molecular formula is C13H16ClN3. The van der Waals surface area contributed by atoms with E-state index < -0.39 is 0 Å². The smallest absolute Gasteiger partial charge is 0.0952 e. The summed E-state index contributed by atoms with van der Waals surface area (Å²) < 4.78 is 2.04. The van der Waals surface area contributed by atoms with E-state index in [1.165, 1.54) is 0 Å². The van der Waals surface area contributed by atoms with Crippen molar-refractivity contribution in [3.05, 3.63) is 53.6 Å². The molecule has 90 valence electrons. The number of halogens is 1. The Kier molecular flexibility index (Phi) is 3.82. The number of rotatable bonds is 4. The number of nitrogens with zero attached hydrogens (tertiary/aromatic N) is 2. The monoisotopic (exact) mass is 249 g/mol. The van der Waals surface area contributed by atoms with Gasteiger partial charge in [0.2, 0.25) is 0 Å². The van der Waals surface area contributed by atoms with E-state index in [0.717, 1.165) is 17.0 Å². The molecule has 2 N–H and O–H groups in total. The summed E-state index contributed by atoms with van der Waals surface area (Å²) in [5, 5.41) is 0.739. The van der Waals surface area contributed by atoms with Crippen molar-refractivity contribution in [2.75, 3.05) is 0 Å². The first-order valence-corrected chi connectivity index (χ1v) is 6.08. The Morgan fingerprint density at radius 3 is 2.59 bits per heavy atom. The van der Waals surface area contributed by atoms with Crippen LogP contribution >= 0.6 is 11.6 Å². The van der Waals surface area contributed by atoms with Crippen molar-refractivity contribution >= 4 is 11.6 Å².